The van der Waals surface area contributed by atoms with Crippen molar-refractivity contribution in [1.29, 1.82) is 5.26 Å². The fraction of sp³-hybridized carbons (Fsp3) is 0.814. The van der Waals surface area contributed by atoms with Crippen LogP contribution in [0.25, 0.3) is 0 Å². The molecule has 0 spiro atoms. The topological polar surface area (TPSA) is 198 Å². The van der Waals surface area contributed by atoms with Crippen LogP contribution in [0.5, 0.6) is 0 Å². The number of nitrogens with one attached hydrogen (secondary N) is 3. The molecule has 1 saturated heterocycles. The fourth-order valence-corrected chi connectivity index (χ4v) is 7.84. The molecule has 15 heteroatoms. The number of rotatable bonds is 13. The van der Waals surface area contributed by atoms with Gasteiger partial charge in [0, 0.05) is 34.0 Å². The van der Waals surface area contributed by atoms with Crippen LogP contribution >= 0.6 is 0 Å². The molecule has 2 rings (SSSR count). The predicted octanol–water partition coefficient (Wildman–Crippen LogP) is 4.08. The van der Waals surface area contributed by atoms with Gasteiger partial charge in [0.1, 0.15) is 30.2 Å². The van der Waals surface area contributed by atoms with Gasteiger partial charge in [-0.15, -0.1) is 0 Å². The van der Waals surface area contributed by atoms with Gasteiger partial charge in [-0.1, -0.05) is 92.9 Å². The number of hydrogen-bond donors (Lipinski definition) is 3. The number of ether oxygens (including phenoxy) is 1. The monoisotopic (exact) mass is 816 g/mol. The molecule has 58 heavy (non-hydrogen) atoms. The Morgan fingerprint density at radius 2 is 1.33 bits per heavy atom. The van der Waals surface area contributed by atoms with E-state index < -0.39 is 84.3 Å². The molecule has 3 N–H and O–H groups in total. The zero-order valence-corrected chi connectivity index (χ0v) is 36.9. The first-order chi connectivity index (χ1) is 27.3. The summed E-state index contributed by atoms with van der Waals surface area (Å²) in [6, 6.07) is -3.28. The standard InChI is InChI=1S/C43H73N7O8/c1-11-12-17-29(6)24-33-41(55)48(8)30(7)43(57)58-36(20-16-21-44)40(54)45-26-37(51)49(9)34(23-28(4)5)38(52)46-32(22-27(2)3)42(56)50(10)35(39(53)47-33)25-31-18-14-13-15-19-31/h27-36H,11-20,22-26H2,1-10H3,(H,45,54)(H,46,52)(H,47,53)/t29-,30+,32+,33+,34+,35+,36-/m1/s1. The minimum absolute atomic E-state index is 0.0242. The molecule has 0 aromatic rings. The van der Waals surface area contributed by atoms with Crippen molar-refractivity contribution in [2.24, 2.45) is 23.7 Å². The lowest BCUT2D eigenvalue weighted by atomic mass is 9.84. The average Bonchev–Trinajstić information content (AvgIpc) is 3.18. The average molecular weight is 816 g/mol. The van der Waals surface area contributed by atoms with Crippen LogP contribution in [0.1, 0.15) is 138 Å². The number of nitriles is 1. The lowest BCUT2D eigenvalue weighted by Gasteiger charge is -2.36. The molecule has 0 bridgehead atoms. The summed E-state index contributed by atoms with van der Waals surface area (Å²) >= 11 is 0. The van der Waals surface area contributed by atoms with Crippen molar-refractivity contribution in [2.45, 2.75) is 175 Å². The Balaban J connectivity index is 2.74. The van der Waals surface area contributed by atoms with Crippen molar-refractivity contribution in [2.75, 3.05) is 27.7 Å². The fourth-order valence-electron chi connectivity index (χ4n) is 7.84. The summed E-state index contributed by atoms with van der Waals surface area (Å²) in [6.07, 6.45) is 7.07. The van der Waals surface area contributed by atoms with Crippen molar-refractivity contribution in [1.82, 2.24) is 30.7 Å². The second kappa shape index (κ2) is 24.6. The van der Waals surface area contributed by atoms with E-state index in [0.29, 0.717) is 6.42 Å². The van der Waals surface area contributed by atoms with Gasteiger partial charge in [-0.2, -0.15) is 5.26 Å². The van der Waals surface area contributed by atoms with Crippen LogP contribution in [0.15, 0.2) is 0 Å². The SMILES string of the molecule is CCCC[C@@H](C)C[C@@H]1NC(=O)[C@H](CC2CCCCC2)N(C)C(=O)[C@H](CC(C)C)NC(=O)[C@H](CC(C)C)N(C)C(=O)CNC(=O)[C@@H](CCC#N)OC(=O)[C@H](C)N(C)C1=O. The third kappa shape index (κ3) is 15.5. The second-order valence-corrected chi connectivity index (χ2v) is 17.6. The smallest absolute Gasteiger partial charge is 0.329 e. The van der Waals surface area contributed by atoms with E-state index in [1.807, 2.05) is 40.7 Å². The molecule has 2 aliphatic rings. The van der Waals surface area contributed by atoms with E-state index in [1.54, 1.807) is 7.05 Å². The van der Waals surface area contributed by atoms with E-state index >= 15 is 0 Å². The molecule has 0 aromatic carbocycles. The second-order valence-electron chi connectivity index (χ2n) is 17.6. The number of amides is 6. The summed E-state index contributed by atoms with van der Waals surface area (Å²) < 4.78 is 5.59. The normalized spacial score (nSPS) is 26.5. The van der Waals surface area contributed by atoms with Crippen LogP contribution in [0.4, 0.5) is 0 Å². The van der Waals surface area contributed by atoms with E-state index in [2.05, 4.69) is 22.9 Å². The molecule has 0 aromatic heterocycles. The molecule has 0 unspecified atom stereocenters. The Morgan fingerprint density at radius 3 is 1.90 bits per heavy atom. The summed E-state index contributed by atoms with van der Waals surface area (Å²) in [5.41, 5.74) is 0. The molecular formula is C43H73N7O8. The van der Waals surface area contributed by atoms with Crippen LogP contribution in [0.3, 0.4) is 0 Å². The molecule has 1 aliphatic carbocycles. The quantitative estimate of drug-likeness (QED) is 0.230. The number of carbonyl (C=O) groups is 7. The van der Waals surface area contributed by atoms with Crippen molar-refractivity contribution in [3.05, 3.63) is 0 Å². The first kappa shape index (κ1) is 49.9. The molecule has 328 valence electrons. The highest BCUT2D eigenvalue weighted by molar-refractivity contribution is 5.97. The summed E-state index contributed by atoms with van der Waals surface area (Å²) in [5.74, 6) is -4.21. The van der Waals surface area contributed by atoms with Gasteiger partial charge in [-0.25, -0.2) is 4.79 Å². The summed E-state index contributed by atoms with van der Waals surface area (Å²) in [7, 11) is 4.45. The lowest BCUT2D eigenvalue weighted by molar-refractivity contribution is -0.163. The molecule has 1 heterocycles. The number of likely N-dealkylation sites (N-methyl/N-ethyl adjacent to an activating group) is 3. The Kier molecular flexibility index (Phi) is 21.2. The number of esters is 1. The number of carbonyl (C=O) groups excluding carboxylic acids is 7. The molecule has 7 atom stereocenters. The van der Waals surface area contributed by atoms with Gasteiger partial charge in [0.05, 0.1) is 12.6 Å². The maximum atomic E-state index is 14.6. The Hall–Kier alpha value is -4.22. The van der Waals surface area contributed by atoms with Gasteiger partial charge in [0.15, 0.2) is 6.10 Å². The maximum Gasteiger partial charge on any atom is 0.329 e. The largest absolute Gasteiger partial charge is 0.451 e. The number of unbranched alkanes of at least 4 members (excludes halogenated alkanes) is 1. The first-order valence-electron chi connectivity index (χ1n) is 21.6. The zero-order chi connectivity index (χ0) is 43.7. The number of nitrogens with zero attached hydrogens (tertiary/aromatic N) is 4. The van der Waals surface area contributed by atoms with Crippen LogP contribution in [-0.4, -0.2) is 120 Å². The minimum atomic E-state index is -1.44. The highest BCUT2D eigenvalue weighted by Crippen LogP contribution is 2.29. The maximum absolute atomic E-state index is 14.6. The van der Waals surface area contributed by atoms with Crippen molar-refractivity contribution < 1.29 is 38.3 Å². The Bertz CT molecular complexity index is 1440. The number of cyclic esters (lactones) is 1. The van der Waals surface area contributed by atoms with Gasteiger partial charge in [-0.05, 0) is 56.3 Å². The van der Waals surface area contributed by atoms with E-state index in [9.17, 15) is 38.8 Å². The summed E-state index contributed by atoms with van der Waals surface area (Å²) in [5, 5.41) is 17.7. The molecule has 15 nitrogen and oxygen atoms in total. The third-order valence-corrected chi connectivity index (χ3v) is 11.6. The van der Waals surface area contributed by atoms with E-state index in [-0.39, 0.29) is 55.8 Å². The molecular weight excluding hydrogens is 743 g/mol. The van der Waals surface area contributed by atoms with Crippen LogP contribution in [-0.2, 0) is 38.3 Å². The van der Waals surface area contributed by atoms with Crippen LogP contribution < -0.4 is 16.0 Å². The third-order valence-electron chi connectivity index (χ3n) is 11.6. The van der Waals surface area contributed by atoms with Crippen LogP contribution in [0, 0.1) is 35.0 Å². The van der Waals surface area contributed by atoms with Gasteiger partial charge in [0.25, 0.3) is 5.91 Å². The Morgan fingerprint density at radius 1 is 0.759 bits per heavy atom. The molecule has 2 fully saturated rings. The Labute approximate surface area is 347 Å². The first-order valence-corrected chi connectivity index (χ1v) is 21.6. The van der Waals surface area contributed by atoms with E-state index in [4.69, 9.17) is 4.74 Å². The van der Waals surface area contributed by atoms with Crippen molar-refractivity contribution >= 4 is 41.4 Å². The van der Waals surface area contributed by atoms with Gasteiger partial charge in [-0.3, -0.25) is 28.8 Å². The molecule has 0 radical (unpaired) electrons. The van der Waals surface area contributed by atoms with Crippen molar-refractivity contribution in [3.63, 3.8) is 0 Å². The van der Waals surface area contributed by atoms with Crippen molar-refractivity contribution in [3.8, 4) is 6.07 Å². The lowest BCUT2D eigenvalue weighted by Crippen LogP contribution is -2.60. The van der Waals surface area contributed by atoms with Gasteiger partial charge < -0.3 is 35.4 Å². The van der Waals surface area contributed by atoms with Crippen LogP contribution in [0.2, 0.25) is 0 Å². The zero-order valence-electron chi connectivity index (χ0n) is 36.9. The summed E-state index contributed by atoms with van der Waals surface area (Å²) in [6.45, 7) is 12.7. The molecule has 6 amide bonds. The highest BCUT2D eigenvalue weighted by atomic mass is 16.5. The minimum Gasteiger partial charge on any atom is -0.451 e. The van der Waals surface area contributed by atoms with E-state index in [1.165, 1.54) is 35.7 Å². The predicted molar refractivity (Wildman–Crippen MR) is 220 cm³/mol. The molecule has 1 aliphatic heterocycles. The number of hydrogen-bond acceptors (Lipinski definition) is 9. The van der Waals surface area contributed by atoms with Gasteiger partial charge in [0.2, 0.25) is 29.5 Å². The molecule has 1 saturated carbocycles. The van der Waals surface area contributed by atoms with E-state index in [0.717, 1.165) is 51.4 Å². The van der Waals surface area contributed by atoms with Gasteiger partial charge >= 0.3 is 5.97 Å². The summed E-state index contributed by atoms with van der Waals surface area (Å²) in [4.78, 5) is 102. The highest BCUT2D eigenvalue weighted by Gasteiger charge is 2.40.